The quantitative estimate of drug-likeness (QED) is 0.872. The Morgan fingerprint density at radius 1 is 1.38 bits per heavy atom. The highest BCUT2D eigenvalue weighted by atomic mass is 32.2. The lowest BCUT2D eigenvalue weighted by atomic mass is 9.79. The molecule has 2 fully saturated rings. The number of hydrogen-bond donors (Lipinski definition) is 1. The molecule has 0 aliphatic carbocycles. The molecule has 3 rings (SSSR count). The Morgan fingerprint density at radius 2 is 2.17 bits per heavy atom. The van der Waals surface area contributed by atoms with Gasteiger partial charge in [0.25, 0.3) is 5.91 Å². The smallest absolute Gasteiger partial charge is 0.257 e. The van der Waals surface area contributed by atoms with E-state index in [1.54, 1.807) is 4.90 Å². The predicted molar refractivity (Wildman–Crippen MR) is 87.4 cm³/mol. The Kier molecular flexibility index (Phi) is 4.54. The summed E-state index contributed by atoms with van der Waals surface area (Å²) in [5.74, 6) is 0.109. The first-order valence-electron chi connectivity index (χ1n) is 7.93. The molecule has 0 saturated carbocycles. The van der Waals surface area contributed by atoms with Crippen LogP contribution < -0.4 is 9.88 Å². The average Bonchev–Trinajstić information content (AvgIpc) is 3.00. The van der Waals surface area contributed by atoms with Gasteiger partial charge >= 0.3 is 0 Å². The molecular weight excluding hydrogens is 332 g/mol. The Morgan fingerprint density at radius 3 is 2.79 bits per heavy atom. The third kappa shape index (κ3) is 3.26. The number of ether oxygens (including phenoxy) is 2. The third-order valence-corrected chi connectivity index (χ3v) is 5.77. The molecule has 2 saturated heterocycles. The van der Waals surface area contributed by atoms with Gasteiger partial charge in [-0.25, -0.2) is 13.6 Å². The van der Waals surface area contributed by atoms with Crippen LogP contribution in [-0.2, 0) is 14.8 Å². The normalized spacial score (nSPS) is 24.3. The van der Waals surface area contributed by atoms with E-state index in [1.807, 2.05) is 0 Å². The van der Waals surface area contributed by atoms with Gasteiger partial charge in [0, 0.05) is 25.1 Å². The van der Waals surface area contributed by atoms with Crippen molar-refractivity contribution < 1.29 is 22.7 Å². The van der Waals surface area contributed by atoms with Crippen LogP contribution in [0.1, 0.15) is 29.6 Å². The molecule has 2 N–H and O–H groups in total. The van der Waals surface area contributed by atoms with Crippen molar-refractivity contribution in [2.24, 2.45) is 10.6 Å². The van der Waals surface area contributed by atoms with E-state index in [0.29, 0.717) is 25.4 Å². The van der Waals surface area contributed by atoms with Crippen molar-refractivity contribution in [3.05, 3.63) is 23.8 Å². The molecule has 2 aliphatic heterocycles. The van der Waals surface area contributed by atoms with Crippen LogP contribution in [-0.4, -0.2) is 52.6 Å². The van der Waals surface area contributed by atoms with Gasteiger partial charge in [-0.05, 0) is 37.5 Å². The van der Waals surface area contributed by atoms with Crippen molar-refractivity contribution in [1.29, 1.82) is 0 Å². The van der Waals surface area contributed by atoms with Crippen LogP contribution in [0.5, 0.6) is 5.75 Å². The first-order valence-corrected chi connectivity index (χ1v) is 9.47. The zero-order chi connectivity index (χ0) is 17.4. The molecule has 0 unspecified atom stereocenters. The molecule has 0 aromatic heterocycles. The molecule has 1 spiro atoms. The van der Waals surface area contributed by atoms with Crippen LogP contribution in [0.3, 0.4) is 0 Å². The topological polar surface area (TPSA) is 98.9 Å². The van der Waals surface area contributed by atoms with Crippen LogP contribution in [0.25, 0.3) is 0 Å². The van der Waals surface area contributed by atoms with Gasteiger partial charge in [-0.1, -0.05) is 0 Å². The fourth-order valence-electron chi connectivity index (χ4n) is 3.55. The molecule has 7 nitrogen and oxygen atoms in total. The van der Waals surface area contributed by atoms with Gasteiger partial charge in [-0.2, -0.15) is 0 Å². The van der Waals surface area contributed by atoms with Gasteiger partial charge in [-0.15, -0.1) is 0 Å². The van der Waals surface area contributed by atoms with Crippen LogP contribution in [0.4, 0.5) is 0 Å². The number of primary sulfonamides is 1. The van der Waals surface area contributed by atoms with E-state index in [1.165, 1.54) is 25.3 Å². The molecule has 2 aliphatic rings. The second-order valence-electron chi connectivity index (χ2n) is 6.54. The molecule has 2 heterocycles. The molecule has 1 aromatic carbocycles. The van der Waals surface area contributed by atoms with Crippen LogP contribution >= 0.6 is 0 Å². The lowest BCUT2D eigenvalue weighted by Gasteiger charge is -2.39. The van der Waals surface area contributed by atoms with Crippen molar-refractivity contribution in [2.75, 3.05) is 33.4 Å². The predicted octanol–water partition coefficient (Wildman–Crippen LogP) is 0.985. The van der Waals surface area contributed by atoms with E-state index in [9.17, 15) is 13.2 Å². The summed E-state index contributed by atoms with van der Waals surface area (Å²) in [4.78, 5) is 14.6. The summed E-state index contributed by atoms with van der Waals surface area (Å²) in [5.41, 5.74) is 0.249. The summed E-state index contributed by atoms with van der Waals surface area (Å²) in [6.45, 7) is 2.66. The fourth-order valence-corrected chi connectivity index (χ4v) is 4.09. The zero-order valence-corrected chi connectivity index (χ0v) is 14.5. The number of piperidine rings is 1. The van der Waals surface area contributed by atoms with E-state index in [-0.39, 0.29) is 21.8 Å². The first-order chi connectivity index (χ1) is 11.3. The first kappa shape index (κ1) is 17.2. The maximum atomic E-state index is 13.0. The standard InChI is InChI=1S/C16H22N2O5S/c1-22-14-4-3-12(24(17,20)21)9-13(14)15(19)18-7-2-5-16(10-18)6-8-23-11-16/h3-4,9H,2,5-8,10-11H2,1H3,(H2,17,20,21)/t16-/m0/s1. The highest BCUT2D eigenvalue weighted by Gasteiger charge is 2.40. The summed E-state index contributed by atoms with van der Waals surface area (Å²) < 4.78 is 33.9. The number of carbonyl (C=O) groups is 1. The summed E-state index contributed by atoms with van der Waals surface area (Å²) in [7, 11) is -2.43. The number of likely N-dealkylation sites (tertiary alicyclic amines) is 1. The second-order valence-corrected chi connectivity index (χ2v) is 8.10. The molecule has 1 aromatic rings. The van der Waals surface area contributed by atoms with E-state index < -0.39 is 10.0 Å². The molecule has 8 heteroatoms. The monoisotopic (exact) mass is 354 g/mol. The Hall–Kier alpha value is -1.64. The van der Waals surface area contributed by atoms with E-state index in [0.717, 1.165) is 25.9 Å². The van der Waals surface area contributed by atoms with Gasteiger partial charge in [0.1, 0.15) is 5.75 Å². The lowest BCUT2D eigenvalue weighted by molar-refractivity contribution is 0.0460. The number of rotatable bonds is 3. The van der Waals surface area contributed by atoms with Gasteiger partial charge < -0.3 is 14.4 Å². The zero-order valence-electron chi connectivity index (χ0n) is 13.7. The summed E-state index contributed by atoms with van der Waals surface area (Å²) in [6.07, 6.45) is 2.91. The highest BCUT2D eigenvalue weighted by Crippen LogP contribution is 2.38. The molecule has 1 amide bonds. The Bertz CT molecular complexity index is 741. The number of methoxy groups -OCH3 is 1. The number of sulfonamides is 1. The fraction of sp³-hybridized carbons (Fsp3) is 0.562. The van der Waals surface area contributed by atoms with Crippen molar-refractivity contribution in [1.82, 2.24) is 4.90 Å². The van der Waals surface area contributed by atoms with Crippen LogP contribution in [0, 0.1) is 5.41 Å². The summed E-state index contributed by atoms with van der Waals surface area (Å²) >= 11 is 0. The summed E-state index contributed by atoms with van der Waals surface area (Å²) in [5, 5.41) is 5.18. The number of nitrogens with two attached hydrogens (primary N) is 1. The highest BCUT2D eigenvalue weighted by molar-refractivity contribution is 7.89. The van der Waals surface area contributed by atoms with Crippen LogP contribution in [0.15, 0.2) is 23.1 Å². The van der Waals surface area contributed by atoms with Crippen molar-refractivity contribution in [3.8, 4) is 5.75 Å². The molecular formula is C16H22N2O5S. The molecule has 132 valence electrons. The molecule has 24 heavy (non-hydrogen) atoms. The van der Waals surface area contributed by atoms with Crippen molar-refractivity contribution >= 4 is 15.9 Å². The SMILES string of the molecule is COc1ccc(S(N)(=O)=O)cc1C(=O)N1CCC[C@]2(CCOC2)C1. The second kappa shape index (κ2) is 6.34. The number of nitrogens with zero attached hydrogens (tertiary/aromatic N) is 1. The van der Waals surface area contributed by atoms with Crippen LogP contribution in [0.2, 0.25) is 0 Å². The third-order valence-electron chi connectivity index (χ3n) is 4.86. The molecule has 0 bridgehead atoms. The van der Waals surface area contributed by atoms with Crippen molar-refractivity contribution in [3.63, 3.8) is 0 Å². The minimum Gasteiger partial charge on any atom is -0.496 e. The van der Waals surface area contributed by atoms with E-state index in [2.05, 4.69) is 0 Å². The van der Waals surface area contributed by atoms with Gasteiger partial charge in [0.05, 0.1) is 24.2 Å². The summed E-state index contributed by atoms with van der Waals surface area (Å²) in [6, 6.07) is 4.10. The lowest BCUT2D eigenvalue weighted by Crippen LogP contribution is -2.46. The van der Waals surface area contributed by atoms with Gasteiger partial charge in [0.15, 0.2) is 0 Å². The number of carbonyl (C=O) groups excluding carboxylic acids is 1. The minimum absolute atomic E-state index is 0.0265. The molecule has 1 atom stereocenters. The Balaban J connectivity index is 1.91. The van der Waals surface area contributed by atoms with E-state index >= 15 is 0 Å². The molecule has 0 radical (unpaired) electrons. The largest absolute Gasteiger partial charge is 0.496 e. The number of hydrogen-bond acceptors (Lipinski definition) is 5. The maximum Gasteiger partial charge on any atom is 0.257 e. The Labute approximate surface area is 141 Å². The minimum atomic E-state index is -3.88. The average molecular weight is 354 g/mol. The van der Waals surface area contributed by atoms with E-state index in [4.69, 9.17) is 14.6 Å². The maximum absolute atomic E-state index is 13.0. The number of benzene rings is 1. The van der Waals surface area contributed by atoms with Gasteiger partial charge in [0.2, 0.25) is 10.0 Å². The van der Waals surface area contributed by atoms with Crippen molar-refractivity contribution in [2.45, 2.75) is 24.2 Å². The number of amides is 1. The van der Waals surface area contributed by atoms with Gasteiger partial charge in [-0.3, -0.25) is 4.79 Å².